The summed E-state index contributed by atoms with van der Waals surface area (Å²) in [7, 11) is 0. The fourth-order valence-electron chi connectivity index (χ4n) is 2.65. The van der Waals surface area contributed by atoms with Gasteiger partial charge in [0.05, 0.1) is 0 Å². The van der Waals surface area contributed by atoms with Gasteiger partial charge in [0.2, 0.25) is 0 Å². The Morgan fingerprint density at radius 1 is 0.905 bits per heavy atom. The van der Waals surface area contributed by atoms with Crippen LogP contribution in [-0.4, -0.2) is 0 Å². The van der Waals surface area contributed by atoms with Gasteiger partial charge in [-0.2, -0.15) is 0 Å². The summed E-state index contributed by atoms with van der Waals surface area (Å²) in [4.78, 5) is 0. The highest BCUT2D eigenvalue weighted by molar-refractivity contribution is 5.26. The summed E-state index contributed by atoms with van der Waals surface area (Å²) in [6, 6.07) is 15.8. The molecular formula is C19H24FN. The zero-order valence-corrected chi connectivity index (χ0v) is 13.2. The smallest absolute Gasteiger partial charge is 0.123 e. The number of halogens is 1. The maximum Gasteiger partial charge on any atom is 0.123 e. The molecule has 0 aliphatic rings. The second-order valence-electron chi connectivity index (χ2n) is 6.08. The Balaban J connectivity index is 2.18. The first kappa shape index (κ1) is 15.7. The van der Waals surface area contributed by atoms with Crippen molar-refractivity contribution < 1.29 is 4.39 Å². The predicted molar refractivity (Wildman–Crippen MR) is 86.7 cm³/mol. The molecule has 0 saturated heterocycles. The molecular weight excluding hydrogens is 261 g/mol. The minimum absolute atomic E-state index is 0.187. The zero-order chi connectivity index (χ0) is 15.4. The van der Waals surface area contributed by atoms with Crippen molar-refractivity contribution in [1.29, 1.82) is 0 Å². The van der Waals surface area contributed by atoms with Crippen molar-refractivity contribution in [3.8, 4) is 0 Å². The number of rotatable bonds is 5. The highest BCUT2D eigenvalue weighted by atomic mass is 19.1. The minimum Gasteiger partial charge on any atom is -0.303 e. The largest absolute Gasteiger partial charge is 0.303 e. The van der Waals surface area contributed by atoms with Crippen molar-refractivity contribution in [2.45, 2.75) is 39.8 Å². The summed E-state index contributed by atoms with van der Waals surface area (Å²) in [5.74, 6) is 0.246. The van der Waals surface area contributed by atoms with E-state index in [9.17, 15) is 4.39 Å². The predicted octanol–water partition coefficient (Wildman–Crippen LogP) is 5.18. The Morgan fingerprint density at radius 3 is 2.14 bits per heavy atom. The van der Waals surface area contributed by atoms with E-state index in [1.54, 1.807) is 0 Å². The zero-order valence-electron chi connectivity index (χ0n) is 13.2. The van der Waals surface area contributed by atoms with Gasteiger partial charge in [0.15, 0.2) is 0 Å². The second-order valence-corrected chi connectivity index (χ2v) is 6.08. The molecule has 2 atom stereocenters. The number of nitrogens with one attached hydrogen (secondary N) is 1. The van der Waals surface area contributed by atoms with Gasteiger partial charge in [-0.1, -0.05) is 55.8 Å². The molecule has 0 fully saturated rings. The maximum absolute atomic E-state index is 13.1. The van der Waals surface area contributed by atoms with E-state index in [0.717, 1.165) is 5.56 Å². The monoisotopic (exact) mass is 285 g/mol. The molecule has 0 bridgehead atoms. The van der Waals surface area contributed by atoms with Crippen LogP contribution < -0.4 is 5.32 Å². The third-order valence-electron chi connectivity index (χ3n) is 3.87. The average molecular weight is 285 g/mol. The Hall–Kier alpha value is -1.67. The first-order valence-electron chi connectivity index (χ1n) is 7.55. The van der Waals surface area contributed by atoms with Gasteiger partial charge < -0.3 is 5.32 Å². The number of benzene rings is 2. The van der Waals surface area contributed by atoms with E-state index in [4.69, 9.17) is 0 Å². The Bertz CT molecular complexity index is 574. The van der Waals surface area contributed by atoms with Crippen LogP contribution in [-0.2, 0) is 0 Å². The molecule has 0 aliphatic carbocycles. The van der Waals surface area contributed by atoms with E-state index < -0.39 is 0 Å². The van der Waals surface area contributed by atoms with Crippen molar-refractivity contribution in [3.63, 3.8) is 0 Å². The molecule has 0 aliphatic heterocycles. The van der Waals surface area contributed by atoms with Gasteiger partial charge in [-0.3, -0.25) is 0 Å². The highest BCUT2D eigenvalue weighted by Gasteiger charge is 2.18. The van der Waals surface area contributed by atoms with Crippen LogP contribution in [0.1, 0.15) is 49.5 Å². The first-order chi connectivity index (χ1) is 9.97. The standard InChI is InChI=1S/C19H24FN/c1-13(2)19(16-8-10-18(20)11-9-16)21-15(4)17-7-5-6-14(3)12-17/h5-13,15,19,21H,1-4H3. The maximum atomic E-state index is 13.1. The third-order valence-corrected chi connectivity index (χ3v) is 3.87. The SMILES string of the molecule is Cc1cccc(C(C)NC(c2ccc(F)cc2)C(C)C)c1. The summed E-state index contributed by atoms with van der Waals surface area (Å²) >= 11 is 0. The van der Waals surface area contributed by atoms with Gasteiger partial charge >= 0.3 is 0 Å². The molecule has 2 aromatic rings. The molecule has 2 unspecified atom stereocenters. The molecule has 0 saturated carbocycles. The number of hydrogen-bond donors (Lipinski definition) is 1. The van der Waals surface area contributed by atoms with Gasteiger partial charge in [-0.25, -0.2) is 4.39 Å². The number of hydrogen-bond acceptors (Lipinski definition) is 1. The first-order valence-corrected chi connectivity index (χ1v) is 7.55. The van der Waals surface area contributed by atoms with Crippen molar-refractivity contribution in [3.05, 3.63) is 71.0 Å². The summed E-state index contributed by atoms with van der Waals surface area (Å²) < 4.78 is 13.1. The Morgan fingerprint density at radius 2 is 1.57 bits per heavy atom. The van der Waals surface area contributed by atoms with Crippen LogP contribution in [0, 0.1) is 18.7 Å². The lowest BCUT2D eigenvalue weighted by atomic mass is 9.94. The molecule has 0 radical (unpaired) electrons. The van der Waals surface area contributed by atoms with Crippen molar-refractivity contribution >= 4 is 0 Å². The molecule has 0 spiro atoms. The van der Waals surface area contributed by atoms with E-state index >= 15 is 0 Å². The van der Waals surface area contributed by atoms with Crippen LogP contribution in [0.2, 0.25) is 0 Å². The second kappa shape index (κ2) is 6.86. The fourth-order valence-corrected chi connectivity index (χ4v) is 2.65. The highest BCUT2D eigenvalue weighted by Crippen LogP contribution is 2.26. The fraction of sp³-hybridized carbons (Fsp3) is 0.368. The van der Waals surface area contributed by atoms with E-state index in [2.05, 4.69) is 57.3 Å². The molecule has 0 aromatic heterocycles. The van der Waals surface area contributed by atoms with Gasteiger partial charge in [0.25, 0.3) is 0 Å². The lowest BCUT2D eigenvalue weighted by Crippen LogP contribution is -2.28. The minimum atomic E-state index is -0.187. The molecule has 0 amide bonds. The summed E-state index contributed by atoms with van der Waals surface area (Å²) in [5.41, 5.74) is 3.68. The van der Waals surface area contributed by atoms with Gasteiger partial charge in [0, 0.05) is 12.1 Å². The normalized spacial score (nSPS) is 14.2. The lowest BCUT2D eigenvalue weighted by molar-refractivity contribution is 0.374. The van der Waals surface area contributed by atoms with E-state index in [0.29, 0.717) is 5.92 Å². The van der Waals surface area contributed by atoms with Crippen LogP contribution in [0.15, 0.2) is 48.5 Å². The molecule has 0 heterocycles. The third kappa shape index (κ3) is 4.15. The van der Waals surface area contributed by atoms with Crippen LogP contribution in [0.25, 0.3) is 0 Å². The molecule has 112 valence electrons. The number of aryl methyl sites for hydroxylation is 1. The van der Waals surface area contributed by atoms with Crippen molar-refractivity contribution in [2.75, 3.05) is 0 Å². The topological polar surface area (TPSA) is 12.0 Å². The van der Waals surface area contributed by atoms with Gasteiger partial charge in [-0.05, 0) is 43.0 Å². The van der Waals surface area contributed by atoms with Gasteiger partial charge in [0.1, 0.15) is 5.82 Å². The molecule has 21 heavy (non-hydrogen) atoms. The van der Waals surface area contributed by atoms with E-state index in [1.165, 1.54) is 23.3 Å². The molecule has 1 nitrogen and oxygen atoms in total. The van der Waals surface area contributed by atoms with Crippen LogP contribution in [0.3, 0.4) is 0 Å². The molecule has 2 aromatic carbocycles. The van der Waals surface area contributed by atoms with Crippen LogP contribution in [0.4, 0.5) is 4.39 Å². The average Bonchev–Trinajstić information content (AvgIpc) is 2.45. The van der Waals surface area contributed by atoms with Crippen molar-refractivity contribution in [1.82, 2.24) is 5.32 Å². The van der Waals surface area contributed by atoms with Crippen LogP contribution in [0.5, 0.6) is 0 Å². The quantitative estimate of drug-likeness (QED) is 0.798. The lowest BCUT2D eigenvalue weighted by Gasteiger charge is -2.27. The van der Waals surface area contributed by atoms with Gasteiger partial charge in [-0.15, -0.1) is 0 Å². The van der Waals surface area contributed by atoms with Crippen molar-refractivity contribution in [2.24, 2.45) is 5.92 Å². The summed E-state index contributed by atoms with van der Waals surface area (Å²) in [6.07, 6.45) is 0. The molecule has 2 heteroatoms. The van der Waals surface area contributed by atoms with E-state index in [1.807, 2.05) is 12.1 Å². The molecule has 2 rings (SSSR count). The molecule has 1 N–H and O–H groups in total. The summed E-state index contributed by atoms with van der Waals surface area (Å²) in [5, 5.41) is 3.67. The Kier molecular flexibility index (Phi) is 5.13. The summed E-state index contributed by atoms with van der Waals surface area (Å²) in [6.45, 7) is 8.65. The Labute approximate surface area is 127 Å². The van der Waals surface area contributed by atoms with Crippen LogP contribution >= 0.6 is 0 Å². The van der Waals surface area contributed by atoms with E-state index in [-0.39, 0.29) is 17.9 Å².